The molecule has 3 rings (SSSR count). The van der Waals surface area contributed by atoms with Crippen LogP contribution >= 0.6 is 11.6 Å². The molecule has 0 aliphatic carbocycles. The molecule has 6 heteroatoms. The van der Waals surface area contributed by atoms with E-state index in [0.717, 1.165) is 12.0 Å². The zero-order chi connectivity index (χ0) is 17.3. The first-order valence-electron chi connectivity index (χ1n) is 7.63. The van der Waals surface area contributed by atoms with Crippen LogP contribution in [0.25, 0.3) is 0 Å². The first-order chi connectivity index (χ1) is 11.5. The molecule has 4 nitrogen and oxygen atoms in total. The molecule has 1 saturated heterocycles. The van der Waals surface area contributed by atoms with E-state index in [2.05, 4.69) is 5.32 Å². The van der Waals surface area contributed by atoms with Crippen LogP contribution in [0, 0.1) is 12.7 Å². The molecule has 0 aromatic heterocycles. The fraction of sp³-hybridized carbons (Fsp3) is 0.222. The fourth-order valence-electron chi connectivity index (χ4n) is 2.69. The molecule has 0 spiro atoms. The van der Waals surface area contributed by atoms with Gasteiger partial charge in [-0.1, -0.05) is 17.7 Å². The third-order valence-electron chi connectivity index (χ3n) is 3.94. The number of aryl methyl sites for hydroxylation is 1. The third kappa shape index (κ3) is 3.26. The van der Waals surface area contributed by atoms with Gasteiger partial charge >= 0.3 is 0 Å². The van der Waals surface area contributed by atoms with Gasteiger partial charge in [-0.15, -0.1) is 0 Å². The molecule has 2 aromatic carbocycles. The van der Waals surface area contributed by atoms with E-state index in [1.165, 1.54) is 6.07 Å². The largest absolute Gasteiger partial charge is 0.319 e. The summed E-state index contributed by atoms with van der Waals surface area (Å²) in [5.74, 6) is -0.971. The van der Waals surface area contributed by atoms with Gasteiger partial charge in [0.1, 0.15) is 5.82 Å². The standard InChI is InChI=1S/C18H16ClFN2O2/c1-11-4-7-14(20)15(9-11)21-18(24)12-5-6-13(19)16(10-12)22-8-2-3-17(22)23/h4-7,9-10H,2-3,8H2,1H3,(H,21,24). The molecule has 2 aromatic rings. The summed E-state index contributed by atoms with van der Waals surface area (Å²) in [6, 6.07) is 9.19. The lowest BCUT2D eigenvalue weighted by molar-refractivity contribution is -0.117. The molecule has 1 N–H and O–H groups in total. The summed E-state index contributed by atoms with van der Waals surface area (Å²) >= 11 is 6.17. The first kappa shape index (κ1) is 16.5. The second-order valence-electron chi connectivity index (χ2n) is 5.75. The van der Waals surface area contributed by atoms with E-state index in [0.29, 0.717) is 29.2 Å². The van der Waals surface area contributed by atoms with Gasteiger partial charge in [0.15, 0.2) is 0 Å². The summed E-state index contributed by atoms with van der Waals surface area (Å²) in [5.41, 5.74) is 1.78. The predicted molar refractivity (Wildman–Crippen MR) is 92.1 cm³/mol. The second-order valence-corrected chi connectivity index (χ2v) is 6.16. The Morgan fingerprint density at radius 1 is 1.25 bits per heavy atom. The Labute approximate surface area is 144 Å². The van der Waals surface area contributed by atoms with Crippen LogP contribution in [0.5, 0.6) is 0 Å². The van der Waals surface area contributed by atoms with Gasteiger partial charge in [-0.25, -0.2) is 4.39 Å². The maximum Gasteiger partial charge on any atom is 0.255 e. The summed E-state index contributed by atoms with van der Waals surface area (Å²) in [7, 11) is 0. The van der Waals surface area contributed by atoms with Crippen molar-refractivity contribution in [2.45, 2.75) is 19.8 Å². The molecule has 1 aliphatic rings. The average molecular weight is 347 g/mol. The molecule has 0 atom stereocenters. The molecule has 1 aliphatic heterocycles. The maximum atomic E-state index is 13.8. The number of carbonyl (C=O) groups excluding carboxylic acids is 2. The molecule has 1 fully saturated rings. The Balaban J connectivity index is 1.88. The number of nitrogens with one attached hydrogen (secondary N) is 1. The van der Waals surface area contributed by atoms with Crippen LogP contribution in [-0.2, 0) is 4.79 Å². The van der Waals surface area contributed by atoms with Crippen molar-refractivity contribution in [2.75, 3.05) is 16.8 Å². The van der Waals surface area contributed by atoms with Crippen LogP contribution in [0.3, 0.4) is 0 Å². The topological polar surface area (TPSA) is 49.4 Å². The molecule has 1 heterocycles. The van der Waals surface area contributed by atoms with Gasteiger partial charge in [-0.3, -0.25) is 9.59 Å². The molecule has 0 radical (unpaired) electrons. The lowest BCUT2D eigenvalue weighted by Gasteiger charge is -2.18. The summed E-state index contributed by atoms with van der Waals surface area (Å²) in [6.45, 7) is 2.39. The van der Waals surface area contributed by atoms with Crippen molar-refractivity contribution in [3.63, 3.8) is 0 Å². The van der Waals surface area contributed by atoms with E-state index >= 15 is 0 Å². The van der Waals surface area contributed by atoms with E-state index < -0.39 is 11.7 Å². The van der Waals surface area contributed by atoms with Gasteiger partial charge in [-0.2, -0.15) is 0 Å². The van der Waals surface area contributed by atoms with Crippen LogP contribution in [0.15, 0.2) is 36.4 Å². The number of rotatable bonds is 3. The highest BCUT2D eigenvalue weighted by molar-refractivity contribution is 6.34. The lowest BCUT2D eigenvalue weighted by atomic mass is 10.1. The number of hydrogen-bond donors (Lipinski definition) is 1. The first-order valence-corrected chi connectivity index (χ1v) is 8.01. The minimum atomic E-state index is -0.502. The Hall–Kier alpha value is -2.40. The van der Waals surface area contributed by atoms with Crippen molar-refractivity contribution >= 4 is 34.8 Å². The van der Waals surface area contributed by atoms with Gasteiger partial charge < -0.3 is 10.2 Å². The molecular formula is C18H16ClFN2O2. The smallest absolute Gasteiger partial charge is 0.255 e. The van der Waals surface area contributed by atoms with Crippen LogP contribution < -0.4 is 10.2 Å². The van der Waals surface area contributed by atoms with Gasteiger partial charge in [0.25, 0.3) is 5.91 Å². The fourth-order valence-corrected chi connectivity index (χ4v) is 2.91. The van der Waals surface area contributed by atoms with E-state index in [-0.39, 0.29) is 11.6 Å². The molecule has 124 valence electrons. The SMILES string of the molecule is Cc1ccc(F)c(NC(=O)c2ccc(Cl)c(N3CCCC3=O)c2)c1. The van der Waals surface area contributed by atoms with E-state index in [9.17, 15) is 14.0 Å². The summed E-state index contributed by atoms with van der Waals surface area (Å²) in [5, 5.41) is 2.96. The molecule has 2 amide bonds. The third-order valence-corrected chi connectivity index (χ3v) is 4.26. The zero-order valence-corrected chi connectivity index (χ0v) is 13.9. The van der Waals surface area contributed by atoms with E-state index in [1.54, 1.807) is 35.2 Å². The normalized spacial score (nSPS) is 14.1. The van der Waals surface area contributed by atoms with Gasteiger partial charge in [0.2, 0.25) is 5.91 Å². The Morgan fingerprint density at radius 2 is 2.04 bits per heavy atom. The van der Waals surface area contributed by atoms with E-state index in [1.807, 2.05) is 6.92 Å². The summed E-state index contributed by atoms with van der Waals surface area (Å²) < 4.78 is 13.8. The minimum absolute atomic E-state index is 0.0146. The number of anilines is 2. The molecule has 0 saturated carbocycles. The molecule has 0 bridgehead atoms. The number of amides is 2. The van der Waals surface area contributed by atoms with Crippen molar-refractivity contribution in [1.29, 1.82) is 0 Å². The number of nitrogens with zero attached hydrogens (tertiary/aromatic N) is 1. The van der Waals surface area contributed by atoms with Crippen LogP contribution in [0.1, 0.15) is 28.8 Å². The maximum absolute atomic E-state index is 13.8. The zero-order valence-electron chi connectivity index (χ0n) is 13.1. The Morgan fingerprint density at radius 3 is 2.75 bits per heavy atom. The number of halogens is 2. The summed E-state index contributed by atoms with van der Waals surface area (Å²) in [6.07, 6.45) is 1.24. The van der Waals surface area contributed by atoms with Crippen LogP contribution in [0.2, 0.25) is 5.02 Å². The predicted octanol–water partition coefficient (Wildman–Crippen LogP) is 4.17. The van der Waals surface area contributed by atoms with Crippen molar-refractivity contribution in [1.82, 2.24) is 0 Å². The van der Waals surface area contributed by atoms with Crippen molar-refractivity contribution in [3.05, 3.63) is 58.4 Å². The number of carbonyl (C=O) groups is 2. The highest BCUT2D eigenvalue weighted by atomic mass is 35.5. The van der Waals surface area contributed by atoms with Gasteiger partial charge in [0, 0.05) is 18.5 Å². The van der Waals surface area contributed by atoms with E-state index in [4.69, 9.17) is 11.6 Å². The average Bonchev–Trinajstić information content (AvgIpc) is 2.97. The van der Waals surface area contributed by atoms with Crippen LogP contribution in [0.4, 0.5) is 15.8 Å². The van der Waals surface area contributed by atoms with Crippen molar-refractivity contribution < 1.29 is 14.0 Å². The van der Waals surface area contributed by atoms with Crippen LogP contribution in [-0.4, -0.2) is 18.4 Å². The van der Waals surface area contributed by atoms with Crippen molar-refractivity contribution in [2.24, 2.45) is 0 Å². The Kier molecular flexibility index (Phi) is 4.53. The highest BCUT2D eigenvalue weighted by Crippen LogP contribution is 2.30. The van der Waals surface area contributed by atoms with Gasteiger partial charge in [-0.05, 0) is 49.2 Å². The number of hydrogen-bond acceptors (Lipinski definition) is 2. The minimum Gasteiger partial charge on any atom is -0.319 e. The molecular weight excluding hydrogens is 331 g/mol. The number of benzene rings is 2. The second kappa shape index (κ2) is 6.61. The van der Waals surface area contributed by atoms with Gasteiger partial charge in [0.05, 0.1) is 16.4 Å². The van der Waals surface area contributed by atoms with Crippen molar-refractivity contribution in [3.8, 4) is 0 Å². The summed E-state index contributed by atoms with van der Waals surface area (Å²) in [4.78, 5) is 25.9. The highest BCUT2D eigenvalue weighted by Gasteiger charge is 2.24. The quantitative estimate of drug-likeness (QED) is 0.907. The molecule has 0 unspecified atom stereocenters. The molecule has 24 heavy (non-hydrogen) atoms. The Bertz CT molecular complexity index is 823. The lowest BCUT2D eigenvalue weighted by Crippen LogP contribution is -2.24. The monoisotopic (exact) mass is 346 g/mol.